The molecule has 2 N–H and O–H groups in total. The van der Waals surface area contributed by atoms with Crippen molar-refractivity contribution in [2.75, 3.05) is 37.9 Å². The molecular weight excluding hydrogens is 259 g/mol. The van der Waals surface area contributed by atoms with E-state index in [1.165, 1.54) is 7.05 Å². The molecule has 0 radical (unpaired) electrons. The van der Waals surface area contributed by atoms with Gasteiger partial charge in [-0.3, -0.25) is 0 Å². The number of alkyl halides is 3. The van der Waals surface area contributed by atoms with Gasteiger partial charge in [0.05, 0.1) is 12.2 Å². The quantitative estimate of drug-likeness (QED) is 0.839. The minimum absolute atomic E-state index is 0.178. The molecule has 1 heterocycles. The van der Waals surface area contributed by atoms with Gasteiger partial charge in [0.2, 0.25) is 0 Å². The monoisotopic (exact) mass is 277 g/mol. The topological polar surface area (TPSA) is 46.2 Å². The number of anilines is 2. The molecule has 1 atom stereocenters. The Morgan fingerprint density at radius 2 is 1.95 bits per heavy atom. The number of aromatic nitrogens is 1. The van der Waals surface area contributed by atoms with Gasteiger partial charge in [-0.1, -0.05) is 6.92 Å². The van der Waals surface area contributed by atoms with Crippen molar-refractivity contribution >= 4 is 11.6 Å². The van der Waals surface area contributed by atoms with Crippen LogP contribution in [0.25, 0.3) is 0 Å². The molecule has 0 saturated carbocycles. The Labute approximate surface area is 110 Å². The molecule has 0 spiro atoms. The van der Waals surface area contributed by atoms with Crippen molar-refractivity contribution in [1.29, 1.82) is 0 Å². The summed E-state index contributed by atoms with van der Waals surface area (Å²) in [6, 6.07) is 1.98. The maximum atomic E-state index is 12.7. The lowest BCUT2D eigenvalue weighted by atomic mass is 10.2. The van der Waals surface area contributed by atoms with Crippen LogP contribution in [0.2, 0.25) is 0 Å². The zero-order valence-corrected chi connectivity index (χ0v) is 11.1. The average Bonchev–Trinajstić information content (AvgIpc) is 2.35. The lowest BCUT2D eigenvalue weighted by molar-refractivity contribution is -0.137. The number of rotatable bonds is 6. The fourth-order valence-electron chi connectivity index (χ4n) is 1.54. The smallest absolute Gasteiger partial charge is 0.384 e. The Hall–Kier alpha value is -1.50. The summed E-state index contributed by atoms with van der Waals surface area (Å²) in [5.41, 5.74) is -0.728. The van der Waals surface area contributed by atoms with E-state index < -0.39 is 11.7 Å². The minimum Gasteiger partial charge on any atom is -0.384 e. The molecule has 19 heavy (non-hydrogen) atoms. The molecule has 0 aliphatic carbocycles. The number of ether oxygens (including phenoxy) is 1. The third-order valence-electron chi connectivity index (χ3n) is 2.49. The van der Waals surface area contributed by atoms with Crippen LogP contribution in [0.15, 0.2) is 12.1 Å². The standard InChI is InChI=1S/C12H18F3N3O/c1-8(7-19-3)6-17-11-5-9(12(13,14)15)4-10(16-2)18-11/h4-5,8H,6-7H2,1-3H3,(H2,16,17,18). The first kappa shape index (κ1) is 15.6. The Kier molecular flexibility index (Phi) is 5.41. The summed E-state index contributed by atoms with van der Waals surface area (Å²) in [7, 11) is 3.11. The second kappa shape index (κ2) is 6.60. The summed E-state index contributed by atoms with van der Waals surface area (Å²) in [5.74, 6) is 0.554. The molecule has 0 saturated heterocycles. The third kappa shape index (κ3) is 4.94. The highest BCUT2D eigenvalue weighted by Gasteiger charge is 2.31. The van der Waals surface area contributed by atoms with Crippen molar-refractivity contribution in [3.8, 4) is 0 Å². The van der Waals surface area contributed by atoms with Crippen LogP contribution in [0.1, 0.15) is 12.5 Å². The predicted octanol–water partition coefficient (Wildman–Crippen LogP) is 2.84. The van der Waals surface area contributed by atoms with Crippen molar-refractivity contribution in [3.63, 3.8) is 0 Å². The number of nitrogens with zero attached hydrogens (tertiary/aromatic N) is 1. The summed E-state index contributed by atoms with van der Waals surface area (Å²) in [5, 5.41) is 5.50. The molecule has 0 aliphatic rings. The fourth-order valence-corrected chi connectivity index (χ4v) is 1.54. The second-order valence-corrected chi connectivity index (χ2v) is 4.32. The van der Waals surface area contributed by atoms with Gasteiger partial charge in [0.25, 0.3) is 0 Å². The highest BCUT2D eigenvalue weighted by atomic mass is 19.4. The molecule has 1 aromatic heterocycles. The number of hydrogen-bond acceptors (Lipinski definition) is 4. The molecule has 1 aromatic rings. The van der Waals surface area contributed by atoms with Crippen LogP contribution in [0, 0.1) is 5.92 Å². The normalized spacial score (nSPS) is 13.2. The average molecular weight is 277 g/mol. The fraction of sp³-hybridized carbons (Fsp3) is 0.583. The molecule has 0 bridgehead atoms. The first-order valence-corrected chi connectivity index (χ1v) is 5.86. The van der Waals surface area contributed by atoms with Crippen LogP contribution in [0.3, 0.4) is 0 Å². The van der Waals surface area contributed by atoms with Crippen LogP contribution in [-0.4, -0.2) is 32.3 Å². The zero-order chi connectivity index (χ0) is 14.5. The van der Waals surface area contributed by atoms with E-state index in [1.54, 1.807) is 7.11 Å². The highest BCUT2D eigenvalue weighted by Crippen LogP contribution is 2.31. The summed E-state index contributed by atoms with van der Waals surface area (Å²) in [6.07, 6.45) is -4.39. The minimum atomic E-state index is -4.39. The summed E-state index contributed by atoms with van der Waals surface area (Å²) >= 11 is 0. The van der Waals surface area contributed by atoms with Gasteiger partial charge in [-0.2, -0.15) is 13.2 Å². The maximum Gasteiger partial charge on any atom is 0.416 e. The Bertz CT molecular complexity index is 410. The largest absolute Gasteiger partial charge is 0.416 e. The molecule has 0 fully saturated rings. The highest BCUT2D eigenvalue weighted by molar-refractivity contribution is 5.49. The van der Waals surface area contributed by atoms with E-state index >= 15 is 0 Å². The van der Waals surface area contributed by atoms with Crippen molar-refractivity contribution in [1.82, 2.24) is 4.98 Å². The van der Waals surface area contributed by atoms with Crippen LogP contribution >= 0.6 is 0 Å². The van der Waals surface area contributed by atoms with Gasteiger partial charge < -0.3 is 15.4 Å². The summed E-state index contributed by atoms with van der Waals surface area (Å²) < 4.78 is 43.1. The van der Waals surface area contributed by atoms with Crippen LogP contribution in [-0.2, 0) is 10.9 Å². The summed E-state index contributed by atoms with van der Waals surface area (Å²) in [6.45, 7) is 2.96. The van der Waals surface area contributed by atoms with Crippen LogP contribution < -0.4 is 10.6 Å². The van der Waals surface area contributed by atoms with E-state index in [1.807, 2.05) is 6.92 Å². The Balaban J connectivity index is 2.83. The number of methoxy groups -OCH3 is 1. The van der Waals surface area contributed by atoms with Crippen molar-refractivity contribution in [2.45, 2.75) is 13.1 Å². The molecule has 4 nitrogen and oxygen atoms in total. The van der Waals surface area contributed by atoms with Crippen molar-refractivity contribution < 1.29 is 17.9 Å². The van der Waals surface area contributed by atoms with E-state index in [4.69, 9.17) is 4.74 Å². The molecule has 7 heteroatoms. The lowest BCUT2D eigenvalue weighted by Gasteiger charge is -2.15. The van der Waals surface area contributed by atoms with Gasteiger partial charge >= 0.3 is 6.18 Å². The number of halogens is 3. The Morgan fingerprint density at radius 1 is 1.32 bits per heavy atom. The molecule has 0 aliphatic heterocycles. The number of nitrogens with one attached hydrogen (secondary N) is 2. The van der Waals surface area contributed by atoms with Gasteiger partial charge in [-0.15, -0.1) is 0 Å². The first-order valence-electron chi connectivity index (χ1n) is 5.86. The molecule has 108 valence electrons. The van der Waals surface area contributed by atoms with E-state index in [2.05, 4.69) is 15.6 Å². The lowest BCUT2D eigenvalue weighted by Crippen LogP contribution is -2.17. The van der Waals surface area contributed by atoms with Gasteiger partial charge in [0, 0.05) is 20.7 Å². The van der Waals surface area contributed by atoms with E-state index in [9.17, 15) is 13.2 Å². The van der Waals surface area contributed by atoms with Crippen molar-refractivity contribution in [2.24, 2.45) is 5.92 Å². The maximum absolute atomic E-state index is 12.7. The van der Waals surface area contributed by atoms with Gasteiger partial charge in [0.15, 0.2) is 0 Å². The molecular formula is C12H18F3N3O. The van der Waals surface area contributed by atoms with E-state index in [0.717, 1.165) is 12.1 Å². The molecule has 1 unspecified atom stereocenters. The second-order valence-electron chi connectivity index (χ2n) is 4.32. The Morgan fingerprint density at radius 3 is 2.47 bits per heavy atom. The number of hydrogen-bond donors (Lipinski definition) is 2. The van der Waals surface area contributed by atoms with Gasteiger partial charge in [-0.25, -0.2) is 4.98 Å². The SMILES string of the molecule is CNc1cc(C(F)(F)F)cc(NCC(C)COC)n1. The summed E-state index contributed by atoms with van der Waals surface area (Å²) in [4.78, 5) is 4.03. The molecule has 0 aromatic carbocycles. The third-order valence-corrected chi connectivity index (χ3v) is 2.49. The van der Waals surface area contributed by atoms with Crippen LogP contribution in [0.5, 0.6) is 0 Å². The predicted molar refractivity (Wildman–Crippen MR) is 68.3 cm³/mol. The van der Waals surface area contributed by atoms with Crippen molar-refractivity contribution in [3.05, 3.63) is 17.7 Å². The van der Waals surface area contributed by atoms with E-state index in [-0.39, 0.29) is 17.6 Å². The van der Waals surface area contributed by atoms with Gasteiger partial charge in [-0.05, 0) is 18.1 Å². The molecule has 1 rings (SSSR count). The van der Waals surface area contributed by atoms with E-state index in [0.29, 0.717) is 13.2 Å². The van der Waals surface area contributed by atoms with Gasteiger partial charge in [0.1, 0.15) is 11.6 Å². The zero-order valence-electron chi connectivity index (χ0n) is 11.1. The number of pyridine rings is 1. The van der Waals surface area contributed by atoms with Crippen LogP contribution in [0.4, 0.5) is 24.8 Å². The first-order chi connectivity index (χ1) is 8.86. The molecule has 0 amide bonds.